The van der Waals surface area contributed by atoms with Crippen LogP contribution in [0, 0.1) is 5.82 Å². The van der Waals surface area contributed by atoms with E-state index in [1.54, 1.807) is 16.4 Å². The van der Waals surface area contributed by atoms with Gasteiger partial charge in [0.15, 0.2) is 0 Å². The van der Waals surface area contributed by atoms with Gasteiger partial charge in [-0.25, -0.2) is 12.8 Å². The van der Waals surface area contributed by atoms with Crippen LogP contribution in [0.2, 0.25) is 0 Å². The maximum atomic E-state index is 13.1. The van der Waals surface area contributed by atoms with Gasteiger partial charge >= 0.3 is 0 Å². The second kappa shape index (κ2) is 7.64. The minimum atomic E-state index is -3.30. The molecule has 1 aliphatic heterocycles. The van der Waals surface area contributed by atoms with E-state index in [2.05, 4.69) is 11.8 Å². The SMILES string of the molecule is C[C@H](c1ccc(F)cc1)N1CCN(S(=O)(=O)Cc2ccccc2)CC1. The van der Waals surface area contributed by atoms with Crippen molar-refractivity contribution in [2.45, 2.75) is 18.7 Å². The Labute approximate surface area is 148 Å². The third kappa shape index (κ3) is 4.45. The Bertz CT molecular complexity index is 786. The third-order valence-electron chi connectivity index (χ3n) is 4.76. The Balaban J connectivity index is 1.60. The van der Waals surface area contributed by atoms with E-state index in [1.165, 1.54) is 12.1 Å². The highest BCUT2D eigenvalue weighted by Gasteiger charge is 2.29. The quantitative estimate of drug-likeness (QED) is 0.821. The van der Waals surface area contributed by atoms with Gasteiger partial charge in [-0.3, -0.25) is 4.90 Å². The molecule has 0 aromatic heterocycles. The highest BCUT2D eigenvalue weighted by Crippen LogP contribution is 2.23. The number of nitrogens with zero attached hydrogens (tertiary/aromatic N) is 2. The molecule has 0 N–H and O–H groups in total. The Morgan fingerprint density at radius 3 is 2.16 bits per heavy atom. The Hall–Kier alpha value is -1.76. The zero-order valence-corrected chi connectivity index (χ0v) is 15.1. The van der Waals surface area contributed by atoms with E-state index in [1.807, 2.05) is 30.3 Å². The molecule has 4 nitrogen and oxygen atoms in total. The van der Waals surface area contributed by atoms with Gasteiger partial charge in [0, 0.05) is 32.2 Å². The molecule has 0 spiro atoms. The molecule has 1 heterocycles. The topological polar surface area (TPSA) is 40.6 Å². The monoisotopic (exact) mass is 362 g/mol. The summed E-state index contributed by atoms with van der Waals surface area (Å²) in [4.78, 5) is 2.24. The van der Waals surface area contributed by atoms with Crippen molar-refractivity contribution >= 4 is 10.0 Å². The van der Waals surface area contributed by atoms with Crippen molar-refractivity contribution in [3.05, 3.63) is 71.5 Å². The second-order valence-electron chi connectivity index (χ2n) is 6.40. The van der Waals surface area contributed by atoms with E-state index in [4.69, 9.17) is 0 Å². The fraction of sp³-hybridized carbons (Fsp3) is 0.368. The maximum absolute atomic E-state index is 13.1. The van der Waals surface area contributed by atoms with Crippen LogP contribution in [0.4, 0.5) is 4.39 Å². The number of sulfonamides is 1. The lowest BCUT2D eigenvalue weighted by Crippen LogP contribution is -2.49. The maximum Gasteiger partial charge on any atom is 0.218 e. The van der Waals surface area contributed by atoms with Crippen molar-refractivity contribution < 1.29 is 12.8 Å². The van der Waals surface area contributed by atoms with Crippen LogP contribution in [0.15, 0.2) is 54.6 Å². The van der Waals surface area contributed by atoms with Gasteiger partial charge in [0.25, 0.3) is 0 Å². The van der Waals surface area contributed by atoms with E-state index in [0.29, 0.717) is 26.2 Å². The third-order valence-corrected chi connectivity index (χ3v) is 6.61. The average molecular weight is 362 g/mol. The molecule has 2 aromatic rings. The van der Waals surface area contributed by atoms with Crippen molar-refractivity contribution in [3.8, 4) is 0 Å². The van der Waals surface area contributed by atoms with Gasteiger partial charge in [0.1, 0.15) is 5.82 Å². The van der Waals surface area contributed by atoms with Crippen LogP contribution in [-0.2, 0) is 15.8 Å². The lowest BCUT2D eigenvalue weighted by molar-refractivity contribution is 0.145. The molecule has 3 rings (SSSR count). The van der Waals surface area contributed by atoms with Gasteiger partial charge in [-0.15, -0.1) is 0 Å². The summed E-state index contributed by atoms with van der Waals surface area (Å²) < 4.78 is 39.9. The summed E-state index contributed by atoms with van der Waals surface area (Å²) in [5, 5.41) is 0. The summed E-state index contributed by atoms with van der Waals surface area (Å²) in [6.07, 6.45) is 0. The van der Waals surface area contributed by atoms with Crippen LogP contribution in [0.25, 0.3) is 0 Å². The number of hydrogen-bond donors (Lipinski definition) is 0. The molecule has 0 saturated carbocycles. The molecule has 1 atom stereocenters. The largest absolute Gasteiger partial charge is 0.294 e. The fourth-order valence-corrected chi connectivity index (χ4v) is 4.71. The van der Waals surface area contributed by atoms with Crippen LogP contribution in [0.1, 0.15) is 24.1 Å². The minimum Gasteiger partial charge on any atom is -0.294 e. The highest BCUT2D eigenvalue weighted by molar-refractivity contribution is 7.88. The first-order valence-corrected chi connectivity index (χ1v) is 10.1. The predicted molar refractivity (Wildman–Crippen MR) is 97.0 cm³/mol. The number of benzene rings is 2. The number of hydrogen-bond acceptors (Lipinski definition) is 3. The Kier molecular flexibility index (Phi) is 5.51. The molecule has 1 aliphatic rings. The first-order valence-electron chi connectivity index (χ1n) is 8.47. The van der Waals surface area contributed by atoms with Crippen molar-refractivity contribution in [2.75, 3.05) is 26.2 Å². The molecule has 0 amide bonds. The molecule has 6 heteroatoms. The predicted octanol–water partition coefficient (Wildman–Crippen LogP) is 3.03. The summed E-state index contributed by atoms with van der Waals surface area (Å²) >= 11 is 0. The molecule has 2 aromatic carbocycles. The molecule has 0 unspecified atom stereocenters. The highest BCUT2D eigenvalue weighted by atomic mass is 32.2. The Morgan fingerprint density at radius 1 is 0.960 bits per heavy atom. The van der Waals surface area contributed by atoms with E-state index in [9.17, 15) is 12.8 Å². The standard InChI is InChI=1S/C19H23FN2O2S/c1-16(18-7-9-19(20)10-8-18)21-11-13-22(14-12-21)25(23,24)15-17-5-3-2-4-6-17/h2-10,16H,11-15H2,1H3/t16-/m1/s1. The van der Waals surface area contributed by atoms with Crippen LogP contribution in [-0.4, -0.2) is 43.8 Å². The molecule has 25 heavy (non-hydrogen) atoms. The van der Waals surface area contributed by atoms with Crippen LogP contribution in [0.3, 0.4) is 0 Å². The van der Waals surface area contributed by atoms with E-state index in [0.717, 1.165) is 11.1 Å². The average Bonchev–Trinajstić information content (AvgIpc) is 2.62. The molecular formula is C19H23FN2O2S. The number of piperazine rings is 1. The lowest BCUT2D eigenvalue weighted by Gasteiger charge is -2.37. The van der Waals surface area contributed by atoms with Gasteiger partial charge in [0.2, 0.25) is 10.0 Å². The summed E-state index contributed by atoms with van der Waals surface area (Å²) in [7, 11) is -3.30. The van der Waals surface area contributed by atoms with E-state index in [-0.39, 0.29) is 17.6 Å². The number of rotatable bonds is 5. The van der Waals surface area contributed by atoms with Gasteiger partial charge < -0.3 is 0 Å². The molecule has 134 valence electrons. The van der Waals surface area contributed by atoms with Crippen LogP contribution < -0.4 is 0 Å². The second-order valence-corrected chi connectivity index (χ2v) is 8.37. The summed E-state index contributed by atoms with van der Waals surface area (Å²) in [6, 6.07) is 15.9. The molecule has 1 saturated heterocycles. The zero-order chi connectivity index (χ0) is 17.9. The van der Waals surface area contributed by atoms with Crippen LogP contribution >= 0.6 is 0 Å². The van der Waals surface area contributed by atoms with E-state index < -0.39 is 10.0 Å². The molecule has 1 fully saturated rings. The first kappa shape index (κ1) is 18.0. The van der Waals surface area contributed by atoms with Gasteiger partial charge in [0.05, 0.1) is 5.75 Å². The molecule has 0 radical (unpaired) electrons. The molecular weight excluding hydrogens is 339 g/mol. The van der Waals surface area contributed by atoms with Gasteiger partial charge in [-0.1, -0.05) is 42.5 Å². The molecule has 0 aliphatic carbocycles. The minimum absolute atomic E-state index is 0.0430. The van der Waals surface area contributed by atoms with Gasteiger partial charge in [-0.2, -0.15) is 4.31 Å². The van der Waals surface area contributed by atoms with E-state index >= 15 is 0 Å². The number of halogens is 1. The lowest BCUT2D eigenvalue weighted by atomic mass is 10.1. The molecule has 0 bridgehead atoms. The normalized spacial score (nSPS) is 18.2. The first-order chi connectivity index (χ1) is 12.0. The van der Waals surface area contributed by atoms with Crippen molar-refractivity contribution in [1.82, 2.24) is 9.21 Å². The van der Waals surface area contributed by atoms with Crippen LogP contribution in [0.5, 0.6) is 0 Å². The zero-order valence-electron chi connectivity index (χ0n) is 14.3. The van der Waals surface area contributed by atoms with Crippen molar-refractivity contribution in [2.24, 2.45) is 0 Å². The van der Waals surface area contributed by atoms with Gasteiger partial charge in [-0.05, 0) is 30.2 Å². The summed E-state index contributed by atoms with van der Waals surface area (Å²) in [5.41, 5.74) is 1.85. The smallest absolute Gasteiger partial charge is 0.218 e. The van der Waals surface area contributed by atoms with Crippen molar-refractivity contribution in [3.63, 3.8) is 0 Å². The summed E-state index contributed by atoms with van der Waals surface area (Å²) in [6.45, 7) is 4.39. The Morgan fingerprint density at radius 2 is 1.56 bits per heavy atom. The summed E-state index contributed by atoms with van der Waals surface area (Å²) in [5.74, 6) is -0.200. The van der Waals surface area contributed by atoms with Crippen molar-refractivity contribution in [1.29, 1.82) is 0 Å². The fourth-order valence-electron chi connectivity index (χ4n) is 3.20.